The van der Waals surface area contributed by atoms with E-state index in [1.807, 2.05) is 0 Å². The average molecular weight is 391 g/mol. The number of nitrogens with two attached hydrogens (primary N) is 1. The highest BCUT2D eigenvalue weighted by Gasteiger charge is 2.43. The molecule has 1 aliphatic heterocycles. The Hall–Kier alpha value is -0.860. The highest BCUT2D eigenvalue weighted by Crippen LogP contribution is 2.37. The van der Waals surface area contributed by atoms with Crippen LogP contribution in [0.15, 0.2) is 29.2 Å². The molecular formula is C17H27ClN2O4S. The van der Waals surface area contributed by atoms with E-state index in [1.54, 1.807) is 35.7 Å². The predicted octanol–water partition coefficient (Wildman–Crippen LogP) is 1.88. The van der Waals surface area contributed by atoms with Crippen LogP contribution in [0.1, 0.15) is 19.3 Å². The second-order valence-electron chi connectivity index (χ2n) is 6.65. The minimum absolute atomic E-state index is 0. The maximum atomic E-state index is 12.9. The van der Waals surface area contributed by atoms with E-state index < -0.39 is 10.0 Å². The van der Waals surface area contributed by atoms with Crippen molar-refractivity contribution in [2.45, 2.75) is 30.2 Å². The Morgan fingerprint density at radius 1 is 1.16 bits per heavy atom. The van der Waals surface area contributed by atoms with Gasteiger partial charge in [-0.1, -0.05) is 6.42 Å². The molecule has 3 atom stereocenters. The molecule has 0 bridgehead atoms. The van der Waals surface area contributed by atoms with E-state index in [4.69, 9.17) is 15.2 Å². The van der Waals surface area contributed by atoms with Gasteiger partial charge in [0.05, 0.1) is 11.5 Å². The number of halogens is 1. The summed E-state index contributed by atoms with van der Waals surface area (Å²) in [7, 11) is -1.86. The summed E-state index contributed by atoms with van der Waals surface area (Å²) in [5, 5.41) is 0. The SMILES string of the molecule is COCCOc1ccc(S(=O)(=O)N2CC3CCCC(N)C3C2)cc1.Cl. The average Bonchev–Trinajstić information content (AvgIpc) is 3.02. The van der Waals surface area contributed by atoms with Crippen molar-refractivity contribution in [2.75, 3.05) is 33.4 Å². The quantitative estimate of drug-likeness (QED) is 0.750. The lowest BCUT2D eigenvalue weighted by Gasteiger charge is -2.29. The third-order valence-electron chi connectivity index (χ3n) is 5.14. The Labute approximate surface area is 156 Å². The lowest BCUT2D eigenvalue weighted by molar-refractivity contribution is 0.146. The maximum Gasteiger partial charge on any atom is 0.243 e. The highest BCUT2D eigenvalue weighted by atomic mass is 35.5. The Kier molecular flexibility index (Phi) is 7.10. The summed E-state index contributed by atoms with van der Waals surface area (Å²) in [5.74, 6) is 1.34. The Morgan fingerprint density at radius 2 is 1.88 bits per heavy atom. The van der Waals surface area contributed by atoms with Crippen molar-refractivity contribution in [3.8, 4) is 5.75 Å². The van der Waals surface area contributed by atoms with Crippen LogP contribution in [-0.2, 0) is 14.8 Å². The second kappa shape index (κ2) is 8.68. The topological polar surface area (TPSA) is 81.9 Å². The third kappa shape index (κ3) is 4.46. The zero-order chi connectivity index (χ0) is 17.2. The van der Waals surface area contributed by atoms with Crippen molar-refractivity contribution < 1.29 is 17.9 Å². The smallest absolute Gasteiger partial charge is 0.243 e. The van der Waals surface area contributed by atoms with E-state index >= 15 is 0 Å². The Bertz CT molecular complexity index is 653. The van der Waals surface area contributed by atoms with E-state index in [1.165, 1.54) is 0 Å². The van der Waals surface area contributed by atoms with Crippen molar-refractivity contribution >= 4 is 22.4 Å². The van der Waals surface area contributed by atoms with Crippen LogP contribution in [0.2, 0.25) is 0 Å². The second-order valence-corrected chi connectivity index (χ2v) is 8.59. The fourth-order valence-corrected chi connectivity index (χ4v) is 5.31. The van der Waals surface area contributed by atoms with Gasteiger partial charge < -0.3 is 15.2 Å². The van der Waals surface area contributed by atoms with Crippen LogP contribution in [0.25, 0.3) is 0 Å². The van der Waals surface area contributed by atoms with Crippen LogP contribution < -0.4 is 10.5 Å². The summed E-state index contributed by atoms with van der Waals surface area (Å²) in [6, 6.07) is 6.73. The molecule has 1 heterocycles. The van der Waals surface area contributed by atoms with Gasteiger partial charge in [0, 0.05) is 26.2 Å². The number of benzene rings is 1. The molecular weight excluding hydrogens is 364 g/mol. The predicted molar refractivity (Wildman–Crippen MR) is 98.6 cm³/mol. The molecule has 2 aliphatic rings. The number of hydrogen-bond acceptors (Lipinski definition) is 5. The number of sulfonamides is 1. The summed E-state index contributed by atoms with van der Waals surface area (Å²) >= 11 is 0. The fourth-order valence-electron chi connectivity index (χ4n) is 3.77. The first-order valence-corrected chi connectivity index (χ1v) is 9.94. The molecule has 0 spiro atoms. The number of ether oxygens (including phenoxy) is 2. The first-order valence-electron chi connectivity index (χ1n) is 8.50. The van der Waals surface area contributed by atoms with Crippen molar-refractivity contribution in [3.63, 3.8) is 0 Å². The molecule has 6 nitrogen and oxygen atoms in total. The van der Waals surface area contributed by atoms with E-state index in [9.17, 15) is 8.42 Å². The molecule has 2 fully saturated rings. The van der Waals surface area contributed by atoms with Crippen LogP contribution in [0.5, 0.6) is 5.75 Å². The van der Waals surface area contributed by atoms with Gasteiger partial charge in [0.15, 0.2) is 0 Å². The van der Waals surface area contributed by atoms with Gasteiger partial charge in [-0.25, -0.2) is 8.42 Å². The lowest BCUT2D eigenvalue weighted by atomic mass is 9.78. The molecule has 3 unspecified atom stereocenters. The van der Waals surface area contributed by atoms with Crippen LogP contribution in [-0.4, -0.2) is 52.2 Å². The monoisotopic (exact) mass is 390 g/mol. The highest BCUT2D eigenvalue weighted by molar-refractivity contribution is 7.89. The van der Waals surface area contributed by atoms with Gasteiger partial charge in [0.2, 0.25) is 10.0 Å². The third-order valence-corrected chi connectivity index (χ3v) is 6.98. The van der Waals surface area contributed by atoms with Crippen molar-refractivity contribution in [1.82, 2.24) is 4.31 Å². The summed E-state index contributed by atoms with van der Waals surface area (Å²) in [5.41, 5.74) is 6.19. The van der Waals surface area contributed by atoms with Gasteiger partial charge in [-0.05, 0) is 48.9 Å². The van der Waals surface area contributed by atoms with Crippen LogP contribution in [0.3, 0.4) is 0 Å². The van der Waals surface area contributed by atoms with Crippen molar-refractivity contribution in [3.05, 3.63) is 24.3 Å². The molecule has 2 N–H and O–H groups in total. The van der Waals surface area contributed by atoms with E-state index in [-0.39, 0.29) is 18.4 Å². The number of hydrogen-bond donors (Lipinski definition) is 1. The molecule has 3 rings (SSSR count). The van der Waals surface area contributed by atoms with Crippen LogP contribution in [0, 0.1) is 11.8 Å². The number of nitrogens with zero attached hydrogens (tertiary/aromatic N) is 1. The van der Waals surface area contributed by atoms with Gasteiger partial charge in [0.25, 0.3) is 0 Å². The molecule has 1 saturated carbocycles. The minimum atomic E-state index is -3.46. The first kappa shape index (κ1) is 20.5. The summed E-state index contributed by atoms with van der Waals surface area (Å²) < 4.78 is 37.8. The van der Waals surface area contributed by atoms with Gasteiger partial charge >= 0.3 is 0 Å². The molecule has 1 aromatic carbocycles. The normalized spacial score (nSPS) is 26.7. The summed E-state index contributed by atoms with van der Waals surface area (Å²) in [6.07, 6.45) is 3.18. The number of fused-ring (bicyclic) bond motifs is 1. The van der Waals surface area contributed by atoms with Gasteiger partial charge in [0.1, 0.15) is 12.4 Å². The molecule has 1 aromatic rings. The first-order chi connectivity index (χ1) is 11.5. The molecule has 142 valence electrons. The van der Waals surface area contributed by atoms with Crippen LogP contribution >= 0.6 is 12.4 Å². The molecule has 8 heteroatoms. The molecule has 0 radical (unpaired) electrons. The Balaban J connectivity index is 0.00000225. The molecule has 0 aromatic heterocycles. The Morgan fingerprint density at radius 3 is 2.52 bits per heavy atom. The zero-order valence-corrected chi connectivity index (χ0v) is 16.1. The van der Waals surface area contributed by atoms with Crippen LogP contribution in [0.4, 0.5) is 0 Å². The maximum absolute atomic E-state index is 12.9. The summed E-state index contributed by atoms with van der Waals surface area (Å²) in [4.78, 5) is 0.314. The molecule has 1 saturated heterocycles. The van der Waals surface area contributed by atoms with E-state index in [2.05, 4.69) is 0 Å². The molecule has 0 amide bonds. The number of rotatable bonds is 6. The summed E-state index contributed by atoms with van der Waals surface area (Å²) in [6.45, 7) is 2.07. The van der Waals surface area contributed by atoms with Crippen molar-refractivity contribution in [2.24, 2.45) is 17.6 Å². The standard InChI is InChI=1S/C17H26N2O4S.ClH/c1-22-9-10-23-14-5-7-15(8-6-14)24(20,21)19-11-13-3-2-4-17(18)16(13)12-19;/h5-8,13,16-17H,2-4,9-12,18H2,1H3;1H. The lowest BCUT2D eigenvalue weighted by Crippen LogP contribution is -2.38. The zero-order valence-electron chi connectivity index (χ0n) is 14.5. The van der Waals surface area contributed by atoms with E-state index in [0.717, 1.165) is 19.3 Å². The number of methoxy groups -OCH3 is 1. The van der Waals surface area contributed by atoms with Gasteiger partial charge in [-0.3, -0.25) is 0 Å². The van der Waals surface area contributed by atoms with Gasteiger partial charge in [-0.15, -0.1) is 12.4 Å². The van der Waals surface area contributed by atoms with Crippen molar-refractivity contribution in [1.29, 1.82) is 0 Å². The largest absolute Gasteiger partial charge is 0.491 e. The van der Waals surface area contributed by atoms with Gasteiger partial charge in [-0.2, -0.15) is 4.31 Å². The minimum Gasteiger partial charge on any atom is -0.491 e. The molecule has 25 heavy (non-hydrogen) atoms. The molecule has 1 aliphatic carbocycles. The van der Waals surface area contributed by atoms with E-state index in [0.29, 0.717) is 48.8 Å². The fraction of sp³-hybridized carbons (Fsp3) is 0.647.